The number of nitrogens with zero attached hydrogens (tertiary/aromatic N) is 3. The molecule has 1 spiro atoms. The van der Waals surface area contributed by atoms with E-state index in [4.69, 9.17) is 14.5 Å². The zero-order valence-corrected chi connectivity index (χ0v) is 18.1. The van der Waals surface area contributed by atoms with Crippen molar-refractivity contribution >= 4 is 17.3 Å². The second-order valence-corrected chi connectivity index (χ2v) is 9.60. The van der Waals surface area contributed by atoms with E-state index in [-0.39, 0.29) is 0 Å². The molecule has 0 aromatic carbocycles. The fourth-order valence-corrected chi connectivity index (χ4v) is 5.60. The molecule has 4 heterocycles. The standard InChI is InChI=1S/C21H34N4O2S/c1-3-22-20(25-8-6-21(15-25)7-11-27-16-21)23-14-18(19-5-4-17(2)28-19)24-9-12-26-13-10-24/h4-5,18H,3,6-16H2,1-2H3,(H,22,23). The molecule has 0 bridgehead atoms. The SMILES string of the molecule is CCNC(=NCC(c1ccc(C)s1)N1CCOCC1)N1CCC2(CCOC2)C1. The van der Waals surface area contributed by atoms with E-state index < -0.39 is 0 Å². The van der Waals surface area contributed by atoms with Crippen LogP contribution in [0.15, 0.2) is 17.1 Å². The predicted octanol–water partition coefficient (Wildman–Crippen LogP) is 2.51. The molecule has 156 valence electrons. The van der Waals surface area contributed by atoms with Gasteiger partial charge in [-0.1, -0.05) is 0 Å². The lowest BCUT2D eigenvalue weighted by Gasteiger charge is -2.33. The van der Waals surface area contributed by atoms with Crippen molar-refractivity contribution in [2.24, 2.45) is 10.4 Å². The van der Waals surface area contributed by atoms with Crippen LogP contribution in [-0.4, -0.2) is 81.5 Å². The maximum Gasteiger partial charge on any atom is 0.194 e. The number of hydrogen-bond donors (Lipinski definition) is 1. The minimum atomic E-state index is 0.336. The third-order valence-corrected chi connectivity index (χ3v) is 7.35. The largest absolute Gasteiger partial charge is 0.381 e. The summed E-state index contributed by atoms with van der Waals surface area (Å²) in [6.07, 6.45) is 2.40. The topological polar surface area (TPSA) is 49.3 Å². The van der Waals surface area contributed by atoms with Gasteiger partial charge in [-0.25, -0.2) is 0 Å². The number of hydrogen-bond acceptors (Lipinski definition) is 5. The number of nitrogens with one attached hydrogen (secondary N) is 1. The van der Waals surface area contributed by atoms with E-state index in [9.17, 15) is 0 Å². The number of thiophene rings is 1. The molecule has 28 heavy (non-hydrogen) atoms. The van der Waals surface area contributed by atoms with Crippen LogP contribution in [0, 0.1) is 12.3 Å². The molecular weight excluding hydrogens is 372 g/mol. The molecule has 2 unspecified atom stereocenters. The van der Waals surface area contributed by atoms with E-state index in [2.05, 4.69) is 41.1 Å². The van der Waals surface area contributed by atoms with Crippen LogP contribution in [0.25, 0.3) is 0 Å². The quantitative estimate of drug-likeness (QED) is 0.601. The van der Waals surface area contributed by atoms with Gasteiger partial charge in [0, 0.05) is 54.5 Å². The van der Waals surface area contributed by atoms with Gasteiger partial charge in [-0.15, -0.1) is 11.3 Å². The first kappa shape index (κ1) is 20.1. The number of aliphatic imine (C=N–C) groups is 1. The Kier molecular flexibility index (Phi) is 6.55. The molecule has 7 heteroatoms. The zero-order chi connectivity index (χ0) is 19.4. The van der Waals surface area contributed by atoms with Gasteiger partial charge in [-0.2, -0.15) is 0 Å². The smallest absolute Gasteiger partial charge is 0.194 e. The van der Waals surface area contributed by atoms with E-state index in [1.807, 2.05) is 11.3 Å². The molecular formula is C21H34N4O2S. The zero-order valence-electron chi connectivity index (χ0n) is 17.3. The highest BCUT2D eigenvalue weighted by atomic mass is 32.1. The summed E-state index contributed by atoms with van der Waals surface area (Å²) in [5.41, 5.74) is 0.352. The van der Waals surface area contributed by atoms with Gasteiger partial charge >= 0.3 is 0 Å². The first-order chi connectivity index (χ1) is 13.7. The molecule has 0 saturated carbocycles. The highest BCUT2D eigenvalue weighted by molar-refractivity contribution is 7.12. The first-order valence-corrected chi connectivity index (χ1v) is 11.5. The first-order valence-electron chi connectivity index (χ1n) is 10.7. The van der Waals surface area contributed by atoms with Crippen LogP contribution >= 0.6 is 11.3 Å². The van der Waals surface area contributed by atoms with Crippen molar-refractivity contribution in [3.05, 3.63) is 21.9 Å². The molecule has 3 saturated heterocycles. The van der Waals surface area contributed by atoms with E-state index in [1.165, 1.54) is 22.6 Å². The highest BCUT2D eigenvalue weighted by Crippen LogP contribution is 2.38. The lowest BCUT2D eigenvalue weighted by atomic mass is 9.87. The van der Waals surface area contributed by atoms with Gasteiger partial charge < -0.3 is 19.7 Å². The third-order valence-electron chi connectivity index (χ3n) is 6.25. The van der Waals surface area contributed by atoms with Gasteiger partial charge in [-0.05, 0) is 38.8 Å². The Morgan fingerprint density at radius 2 is 2.07 bits per heavy atom. The molecule has 0 amide bonds. The summed E-state index contributed by atoms with van der Waals surface area (Å²) in [6, 6.07) is 4.85. The summed E-state index contributed by atoms with van der Waals surface area (Å²) in [5.74, 6) is 1.07. The maximum absolute atomic E-state index is 5.70. The molecule has 3 fully saturated rings. The maximum atomic E-state index is 5.70. The average molecular weight is 407 g/mol. The molecule has 1 aromatic rings. The van der Waals surface area contributed by atoms with Crippen molar-refractivity contribution in [1.82, 2.24) is 15.1 Å². The number of aryl methyl sites for hydroxylation is 1. The molecule has 2 atom stereocenters. The lowest BCUT2D eigenvalue weighted by molar-refractivity contribution is 0.0186. The lowest BCUT2D eigenvalue weighted by Crippen LogP contribution is -2.43. The van der Waals surface area contributed by atoms with E-state index in [1.54, 1.807) is 0 Å². The van der Waals surface area contributed by atoms with Gasteiger partial charge in [0.15, 0.2) is 5.96 Å². The van der Waals surface area contributed by atoms with Crippen LogP contribution in [0.5, 0.6) is 0 Å². The van der Waals surface area contributed by atoms with Crippen molar-refractivity contribution < 1.29 is 9.47 Å². The predicted molar refractivity (Wildman–Crippen MR) is 114 cm³/mol. The Morgan fingerprint density at radius 3 is 2.75 bits per heavy atom. The monoisotopic (exact) mass is 406 g/mol. The average Bonchev–Trinajstić information content (AvgIpc) is 3.45. The minimum absolute atomic E-state index is 0.336. The Hall–Kier alpha value is -1.15. The highest BCUT2D eigenvalue weighted by Gasteiger charge is 2.42. The van der Waals surface area contributed by atoms with Gasteiger partial charge in [-0.3, -0.25) is 9.89 Å². The Bertz CT molecular complexity index is 665. The van der Waals surface area contributed by atoms with Crippen LogP contribution in [0.3, 0.4) is 0 Å². The second kappa shape index (κ2) is 9.11. The molecule has 3 aliphatic heterocycles. The van der Waals surface area contributed by atoms with E-state index in [0.29, 0.717) is 11.5 Å². The molecule has 0 aliphatic carbocycles. The number of likely N-dealkylation sites (tertiary alicyclic amines) is 1. The summed E-state index contributed by atoms with van der Waals surface area (Å²) in [5, 5.41) is 3.54. The molecule has 1 aromatic heterocycles. The van der Waals surface area contributed by atoms with Crippen LogP contribution < -0.4 is 5.32 Å². The van der Waals surface area contributed by atoms with Gasteiger partial charge in [0.2, 0.25) is 0 Å². The number of rotatable bonds is 5. The fraction of sp³-hybridized carbons (Fsp3) is 0.762. The number of morpholine rings is 1. The Labute approximate surface area is 172 Å². The molecule has 3 aliphatic rings. The second-order valence-electron chi connectivity index (χ2n) is 8.28. The van der Waals surface area contributed by atoms with Crippen LogP contribution in [0.4, 0.5) is 0 Å². The van der Waals surface area contributed by atoms with Gasteiger partial charge in [0.05, 0.1) is 32.4 Å². The normalized spacial score (nSPS) is 27.6. The van der Waals surface area contributed by atoms with Crippen molar-refractivity contribution in [2.45, 2.75) is 32.7 Å². The molecule has 0 radical (unpaired) electrons. The molecule has 4 rings (SSSR count). The summed E-state index contributed by atoms with van der Waals surface area (Å²) in [6.45, 7) is 13.6. The van der Waals surface area contributed by atoms with Crippen LogP contribution in [0.1, 0.15) is 35.6 Å². The summed E-state index contributed by atoms with van der Waals surface area (Å²) >= 11 is 1.90. The van der Waals surface area contributed by atoms with Crippen LogP contribution in [-0.2, 0) is 9.47 Å². The Balaban J connectivity index is 1.49. The van der Waals surface area contributed by atoms with E-state index in [0.717, 1.165) is 71.7 Å². The molecule has 1 N–H and O–H groups in total. The van der Waals surface area contributed by atoms with Crippen molar-refractivity contribution in [3.8, 4) is 0 Å². The van der Waals surface area contributed by atoms with Gasteiger partial charge in [0.1, 0.15) is 0 Å². The third kappa shape index (κ3) is 4.53. The summed E-state index contributed by atoms with van der Waals surface area (Å²) in [4.78, 5) is 12.9. The van der Waals surface area contributed by atoms with E-state index >= 15 is 0 Å². The Morgan fingerprint density at radius 1 is 1.21 bits per heavy atom. The van der Waals surface area contributed by atoms with Crippen molar-refractivity contribution in [3.63, 3.8) is 0 Å². The number of guanidine groups is 1. The minimum Gasteiger partial charge on any atom is -0.381 e. The van der Waals surface area contributed by atoms with Crippen molar-refractivity contribution in [1.29, 1.82) is 0 Å². The van der Waals surface area contributed by atoms with Crippen molar-refractivity contribution in [2.75, 3.05) is 65.7 Å². The van der Waals surface area contributed by atoms with Gasteiger partial charge in [0.25, 0.3) is 0 Å². The summed E-state index contributed by atoms with van der Waals surface area (Å²) < 4.78 is 11.3. The fourth-order valence-electron chi connectivity index (χ4n) is 4.59. The molecule has 6 nitrogen and oxygen atoms in total. The van der Waals surface area contributed by atoms with Crippen LogP contribution in [0.2, 0.25) is 0 Å². The summed E-state index contributed by atoms with van der Waals surface area (Å²) in [7, 11) is 0. The number of ether oxygens (including phenoxy) is 2.